The van der Waals surface area contributed by atoms with E-state index in [9.17, 15) is 0 Å². The summed E-state index contributed by atoms with van der Waals surface area (Å²) in [7, 11) is 0. The molecule has 0 aliphatic rings. The van der Waals surface area contributed by atoms with Crippen molar-refractivity contribution in [1.82, 2.24) is 10.2 Å². The van der Waals surface area contributed by atoms with Crippen LogP contribution in [0.1, 0.15) is 18.0 Å². The molecule has 1 atom stereocenters. The number of aromatic amines is 1. The van der Waals surface area contributed by atoms with Crippen LogP contribution in [0.3, 0.4) is 0 Å². The predicted molar refractivity (Wildman–Crippen MR) is 62.4 cm³/mol. The number of hydrogen-bond acceptors (Lipinski definition) is 3. The lowest BCUT2D eigenvalue weighted by atomic mass is 10.0. The largest absolute Gasteiger partial charge is 0.396 e. The molecule has 80 valence electrons. The summed E-state index contributed by atoms with van der Waals surface area (Å²) in [5.41, 5.74) is 7.83. The third-order valence-electron chi connectivity index (χ3n) is 2.40. The summed E-state index contributed by atoms with van der Waals surface area (Å²) in [5, 5.41) is 16.8. The number of nitrogens with zero attached hydrogens (tertiary/aromatic N) is 1. The first kappa shape index (κ1) is 10.6. The minimum absolute atomic E-state index is 0.103. The molecule has 2 rings (SSSR count). The molecule has 1 heterocycles. The van der Waals surface area contributed by atoms with E-state index in [0.29, 0.717) is 6.42 Å². The quantitative estimate of drug-likeness (QED) is 0.794. The summed E-state index contributed by atoms with van der Waals surface area (Å²) in [6, 6.07) is 5.73. The number of benzene rings is 1. The Morgan fingerprint density at radius 2 is 2.33 bits per heavy atom. The van der Waals surface area contributed by atoms with Crippen molar-refractivity contribution in [2.75, 3.05) is 6.61 Å². The lowest BCUT2D eigenvalue weighted by Crippen LogP contribution is -2.11. The zero-order chi connectivity index (χ0) is 10.8. The van der Waals surface area contributed by atoms with Crippen molar-refractivity contribution in [2.45, 2.75) is 12.5 Å². The first-order valence-electron chi connectivity index (χ1n) is 4.72. The van der Waals surface area contributed by atoms with Crippen LogP contribution < -0.4 is 5.73 Å². The molecular formula is C10H12BrN3O. The van der Waals surface area contributed by atoms with Crippen LogP contribution in [0.4, 0.5) is 0 Å². The maximum atomic E-state index is 8.82. The molecule has 0 aliphatic carbocycles. The first-order chi connectivity index (χ1) is 7.22. The van der Waals surface area contributed by atoms with E-state index in [-0.39, 0.29) is 12.6 Å². The number of H-pyrrole nitrogens is 1. The van der Waals surface area contributed by atoms with E-state index in [1.165, 1.54) is 0 Å². The summed E-state index contributed by atoms with van der Waals surface area (Å²) >= 11 is 3.38. The summed E-state index contributed by atoms with van der Waals surface area (Å²) in [6.45, 7) is 0.103. The number of nitrogens with one attached hydrogen (secondary N) is 1. The zero-order valence-electron chi connectivity index (χ0n) is 8.07. The molecule has 4 N–H and O–H groups in total. The van der Waals surface area contributed by atoms with Gasteiger partial charge >= 0.3 is 0 Å². The van der Waals surface area contributed by atoms with Gasteiger partial charge < -0.3 is 10.8 Å². The fourth-order valence-corrected chi connectivity index (χ4v) is 1.94. The second kappa shape index (κ2) is 4.30. The van der Waals surface area contributed by atoms with E-state index >= 15 is 0 Å². The van der Waals surface area contributed by atoms with Crippen molar-refractivity contribution in [2.24, 2.45) is 5.73 Å². The number of fused-ring (bicyclic) bond motifs is 1. The molecule has 15 heavy (non-hydrogen) atoms. The monoisotopic (exact) mass is 269 g/mol. The SMILES string of the molecule is NC(CCO)c1ccc2n[nH]c(Br)c2c1. The van der Waals surface area contributed by atoms with Crippen LogP contribution in [-0.4, -0.2) is 21.9 Å². The summed E-state index contributed by atoms with van der Waals surface area (Å²) in [4.78, 5) is 0. The smallest absolute Gasteiger partial charge is 0.108 e. The number of aromatic nitrogens is 2. The molecule has 1 unspecified atom stereocenters. The van der Waals surface area contributed by atoms with Crippen LogP contribution in [0.25, 0.3) is 10.9 Å². The maximum absolute atomic E-state index is 8.82. The molecule has 0 aliphatic heterocycles. The number of aliphatic hydroxyl groups is 1. The number of nitrogens with two attached hydrogens (primary N) is 1. The average Bonchev–Trinajstić information content (AvgIpc) is 2.60. The Morgan fingerprint density at radius 3 is 3.07 bits per heavy atom. The first-order valence-corrected chi connectivity index (χ1v) is 5.51. The maximum Gasteiger partial charge on any atom is 0.108 e. The number of aliphatic hydroxyl groups excluding tert-OH is 1. The number of halogens is 1. The third-order valence-corrected chi connectivity index (χ3v) is 3.00. The van der Waals surface area contributed by atoms with Crippen molar-refractivity contribution >= 4 is 26.8 Å². The van der Waals surface area contributed by atoms with Gasteiger partial charge in [-0.1, -0.05) is 6.07 Å². The van der Waals surface area contributed by atoms with E-state index in [2.05, 4.69) is 26.1 Å². The van der Waals surface area contributed by atoms with Crippen LogP contribution in [0, 0.1) is 0 Å². The number of rotatable bonds is 3. The minimum atomic E-state index is -0.124. The van der Waals surface area contributed by atoms with Crippen LogP contribution in [0.2, 0.25) is 0 Å². The van der Waals surface area contributed by atoms with Crippen molar-refractivity contribution in [3.63, 3.8) is 0 Å². The summed E-state index contributed by atoms with van der Waals surface area (Å²) < 4.78 is 0.857. The van der Waals surface area contributed by atoms with Gasteiger partial charge in [-0.15, -0.1) is 0 Å². The fourth-order valence-electron chi connectivity index (χ4n) is 1.53. The van der Waals surface area contributed by atoms with Crippen molar-refractivity contribution < 1.29 is 5.11 Å². The highest BCUT2D eigenvalue weighted by molar-refractivity contribution is 9.10. The number of hydrogen-bond donors (Lipinski definition) is 3. The van der Waals surface area contributed by atoms with Gasteiger partial charge in [0, 0.05) is 18.0 Å². The highest BCUT2D eigenvalue weighted by Gasteiger charge is 2.08. The van der Waals surface area contributed by atoms with Crippen LogP contribution in [0.15, 0.2) is 22.8 Å². The molecule has 1 aromatic heterocycles. The second-order valence-corrected chi connectivity index (χ2v) is 4.23. The Labute approximate surface area is 95.6 Å². The van der Waals surface area contributed by atoms with E-state index in [4.69, 9.17) is 10.8 Å². The molecule has 5 heteroatoms. The van der Waals surface area contributed by atoms with Gasteiger partial charge in [0.25, 0.3) is 0 Å². The molecule has 0 amide bonds. The highest BCUT2D eigenvalue weighted by Crippen LogP contribution is 2.24. The molecule has 0 bridgehead atoms. The van der Waals surface area contributed by atoms with Gasteiger partial charge in [-0.05, 0) is 40.0 Å². The van der Waals surface area contributed by atoms with Crippen molar-refractivity contribution in [3.8, 4) is 0 Å². The van der Waals surface area contributed by atoms with E-state index in [1.807, 2.05) is 18.2 Å². The average molecular weight is 270 g/mol. The van der Waals surface area contributed by atoms with Gasteiger partial charge in [-0.25, -0.2) is 0 Å². The van der Waals surface area contributed by atoms with E-state index < -0.39 is 0 Å². The highest BCUT2D eigenvalue weighted by atomic mass is 79.9. The predicted octanol–water partition coefficient (Wildman–Crippen LogP) is 1.71. The fraction of sp³-hybridized carbons (Fsp3) is 0.300. The van der Waals surface area contributed by atoms with Gasteiger partial charge in [-0.3, -0.25) is 5.10 Å². The Kier molecular flexibility index (Phi) is 3.04. The normalized spacial score (nSPS) is 13.3. The summed E-state index contributed by atoms with van der Waals surface area (Å²) in [6.07, 6.45) is 0.570. The van der Waals surface area contributed by atoms with Crippen LogP contribution >= 0.6 is 15.9 Å². The molecule has 0 spiro atoms. The topological polar surface area (TPSA) is 74.9 Å². The van der Waals surface area contributed by atoms with Gasteiger partial charge in [-0.2, -0.15) is 5.10 Å². The Balaban J connectivity index is 2.41. The molecule has 0 saturated carbocycles. The molecule has 0 radical (unpaired) electrons. The van der Waals surface area contributed by atoms with Gasteiger partial charge in [0.05, 0.1) is 5.52 Å². The molecule has 4 nitrogen and oxygen atoms in total. The zero-order valence-corrected chi connectivity index (χ0v) is 9.66. The van der Waals surface area contributed by atoms with E-state index in [0.717, 1.165) is 21.1 Å². The van der Waals surface area contributed by atoms with Gasteiger partial charge in [0.2, 0.25) is 0 Å². The Hall–Kier alpha value is -0.910. The molecule has 1 aromatic carbocycles. The Bertz CT molecular complexity index is 469. The minimum Gasteiger partial charge on any atom is -0.396 e. The van der Waals surface area contributed by atoms with Gasteiger partial charge in [0.1, 0.15) is 4.60 Å². The van der Waals surface area contributed by atoms with Crippen LogP contribution in [0.5, 0.6) is 0 Å². The Morgan fingerprint density at radius 1 is 1.53 bits per heavy atom. The van der Waals surface area contributed by atoms with Crippen LogP contribution in [-0.2, 0) is 0 Å². The molecular weight excluding hydrogens is 258 g/mol. The lowest BCUT2D eigenvalue weighted by molar-refractivity contribution is 0.276. The third kappa shape index (κ3) is 2.04. The van der Waals surface area contributed by atoms with Gasteiger partial charge in [0.15, 0.2) is 0 Å². The molecule has 0 saturated heterocycles. The van der Waals surface area contributed by atoms with Crippen molar-refractivity contribution in [3.05, 3.63) is 28.4 Å². The lowest BCUT2D eigenvalue weighted by Gasteiger charge is -2.09. The summed E-state index contributed by atoms with van der Waals surface area (Å²) in [5.74, 6) is 0. The van der Waals surface area contributed by atoms with E-state index in [1.54, 1.807) is 0 Å². The van der Waals surface area contributed by atoms with Crippen molar-refractivity contribution in [1.29, 1.82) is 0 Å². The molecule has 0 fully saturated rings. The molecule has 2 aromatic rings. The standard InChI is InChI=1S/C10H12BrN3O/c11-10-7-5-6(8(12)3-4-15)1-2-9(7)13-14-10/h1-2,5,8,15H,3-4,12H2,(H,13,14). The second-order valence-electron chi connectivity index (χ2n) is 3.43.